The van der Waals surface area contributed by atoms with Gasteiger partial charge in [0.1, 0.15) is 31.0 Å². The van der Waals surface area contributed by atoms with Crippen LogP contribution in [0.2, 0.25) is 0 Å². The van der Waals surface area contributed by atoms with Crippen molar-refractivity contribution < 1.29 is 34.0 Å². The van der Waals surface area contributed by atoms with Crippen molar-refractivity contribution >= 4 is 5.97 Å². The molecule has 1 aliphatic heterocycles. The smallest absolute Gasteiger partial charge is 0.302 e. The average molecular weight is 402 g/mol. The molecule has 0 amide bonds. The van der Waals surface area contributed by atoms with E-state index < -0.39 is 36.7 Å². The van der Waals surface area contributed by atoms with Gasteiger partial charge in [-0.25, -0.2) is 0 Å². The summed E-state index contributed by atoms with van der Waals surface area (Å²) in [5, 5.41) is 20.6. The highest BCUT2D eigenvalue weighted by Gasteiger charge is 2.46. The Morgan fingerprint density at radius 2 is 1.41 bits per heavy atom. The van der Waals surface area contributed by atoms with Crippen LogP contribution in [0, 0.1) is 0 Å². The van der Waals surface area contributed by atoms with E-state index in [1.54, 1.807) is 0 Å². The first kappa shape index (κ1) is 21.4. The standard InChI is InChI=1S/C22H26O7/c1-15(23)26-14-18-20(27-12-16-8-4-2-5-9-16)21(19(24)22(25)29-18)28-13-17-10-6-3-7-11-17/h2-11,18-22,24-25H,12-14H2,1H3/t18-,19+,20-,21-,22+/m1/s1. The Labute approximate surface area is 169 Å². The maximum atomic E-state index is 11.2. The number of ether oxygens (including phenoxy) is 4. The second kappa shape index (κ2) is 10.5. The number of rotatable bonds is 8. The molecule has 1 saturated heterocycles. The van der Waals surface area contributed by atoms with E-state index in [1.807, 2.05) is 60.7 Å². The van der Waals surface area contributed by atoms with Crippen LogP contribution in [-0.4, -0.2) is 53.5 Å². The molecule has 2 aromatic carbocycles. The van der Waals surface area contributed by atoms with E-state index in [0.717, 1.165) is 11.1 Å². The Kier molecular flexibility index (Phi) is 7.74. The fourth-order valence-corrected chi connectivity index (χ4v) is 3.17. The highest BCUT2D eigenvalue weighted by Crippen LogP contribution is 2.27. The average Bonchev–Trinajstić information content (AvgIpc) is 2.74. The molecule has 29 heavy (non-hydrogen) atoms. The summed E-state index contributed by atoms with van der Waals surface area (Å²) >= 11 is 0. The summed E-state index contributed by atoms with van der Waals surface area (Å²) in [6, 6.07) is 19.0. The predicted molar refractivity (Wildman–Crippen MR) is 104 cm³/mol. The number of aliphatic hydroxyl groups is 2. The molecule has 156 valence electrons. The maximum Gasteiger partial charge on any atom is 0.302 e. The van der Waals surface area contributed by atoms with Crippen molar-refractivity contribution in [1.82, 2.24) is 0 Å². The number of carbonyl (C=O) groups excluding carboxylic acids is 1. The van der Waals surface area contributed by atoms with Crippen LogP contribution in [0.3, 0.4) is 0 Å². The molecule has 7 heteroatoms. The Hall–Kier alpha value is -2.29. The number of carbonyl (C=O) groups is 1. The lowest BCUT2D eigenvalue weighted by molar-refractivity contribution is -0.305. The van der Waals surface area contributed by atoms with Crippen LogP contribution in [0.5, 0.6) is 0 Å². The van der Waals surface area contributed by atoms with E-state index in [1.165, 1.54) is 6.92 Å². The zero-order chi connectivity index (χ0) is 20.6. The fourth-order valence-electron chi connectivity index (χ4n) is 3.17. The molecule has 3 rings (SSSR count). The Morgan fingerprint density at radius 1 is 0.897 bits per heavy atom. The lowest BCUT2D eigenvalue weighted by Crippen LogP contribution is -2.60. The molecular formula is C22H26O7. The highest BCUT2D eigenvalue weighted by atomic mass is 16.7. The van der Waals surface area contributed by atoms with Crippen molar-refractivity contribution in [3.8, 4) is 0 Å². The van der Waals surface area contributed by atoms with Gasteiger partial charge in [-0.3, -0.25) is 4.79 Å². The van der Waals surface area contributed by atoms with Crippen molar-refractivity contribution in [3.05, 3.63) is 71.8 Å². The molecule has 0 aliphatic carbocycles. The van der Waals surface area contributed by atoms with Gasteiger partial charge in [-0.1, -0.05) is 60.7 Å². The maximum absolute atomic E-state index is 11.2. The van der Waals surface area contributed by atoms with Gasteiger partial charge in [0.05, 0.1) is 13.2 Å². The topological polar surface area (TPSA) is 94.5 Å². The molecule has 0 unspecified atom stereocenters. The largest absolute Gasteiger partial charge is 0.463 e. The third kappa shape index (κ3) is 6.09. The van der Waals surface area contributed by atoms with Gasteiger partial charge in [-0.15, -0.1) is 0 Å². The van der Waals surface area contributed by atoms with Gasteiger partial charge in [-0.2, -0.15) is 0 Å². The zero-order valence-electron chi connectivity index (χ0n) is 16.2. The number of benzene rings is 2. The van der Waals surface area contributed by atoms with E-state index >= 15 is 0 Å². The predicted octanol–water partition coefficient (Wildman–Crippen LogP) is 1.80. The molecule has 0 spiro atoms. The van der Waals surface area contributed by atoms with Crippen LogP contribution in [0.1, 0.15) is 18.1 Å². The van der Waals surface area contributed by atoms with Crippen LogP contribution < -0.4 is 0 Å². The van der Waals surface area contributed by atoms with Gasteiger partial charge in [0.15, 0.2) is 6.29 Å². The van der Waals surface area contributed by atoms with Crippen LogP contribution >= 0.6 is 0 Å². The second-order valence-electron chi connectivity index (χ2n) is 6.88. The summed E-state index contributed by atoms with van der Waals surface area (Å²) < 4.78 is 22.5. The summed E-state index contributed by atoms with van der Waals surface area (Å²) in [6.45, 7) is 1.64. The minimum absolute atomic E-state index is 0.121. The third-order valence-electron chi connectivity index (χ3n) is 4.65. The molecule has 1 aliphatic rings. The molecule has 1 fully saturated rings. The zero-order valence-corrected chi connectivity index (χ0v) is 16.2. The van der Waals surface area contributed by atoms with E-state index in [9.17, 15) is 15.0 Å². The van der Waals surface area contributed by atoms with E-state index in [4.69, 9.17) is 18.9 Å². The summed E-state index contributed by atoms with van der Waals surface area (Å²) in [4.78, 5) is 11.2. The van der Waals surface area contributed by atoms with Crippen LogP contribution in [0.15, 0.2) is 60.7 Å². The van der Waals surface area contributed by atoms with Gasteiger partial charge in [0, 0.05) is 6.92 Å². The summed E-state index contributed by atoms with van der Waals surface area (Å²) in [6.07, 6.45) is -5.21. The molecule has 0 saturated carbocycles. The normalized spacial score (nSPS) is 26.8. The monoisotopic (exact) mass is 402 g/mol. The van der Waals surface area contributed by atoms with Gasteiger partial charge in [0.25, 0.3) is 0 Å². The summed E-state index contributed by atoms with van der Waals surface area (Å²) in [5.74, 6) is -0.474. The van der Waals surface area contributed by atoms with Crippen molar-refractivity contribution in [2.24, 2.45) is 0 Å². The minimum atomic E-state index is -1.48. The van der Waals surface area contributed by atoms with Crippen molar-refractivity contribution in [2.75, 3.05) is 6.61 Å². The Balaban J connectivity index is 1.75. The summed E-state index contributed by atoms with van der Waals surface area (Å²) in [7, 11) is 0. The minimum Gasteiger partial charge on any atom is -0.463 e. The molecule has 1 heterocycles. The SMILES string of the molecule is CC(=O)OC[C@H]1O[C@H](O)[C@@H](O)[C@@H](OCc2ccccc2)[C@@H]1OCc1ccccc1. The van der Waals surface area contributed by atoms with Crippen LogP contribution in [-0.2, 0) is 37.0 Å². The van der Waals surface area contributed by atoms with Crippen molar-refractivity contribution in [1.29, 1.82) is 0 Å². The third-order valence-corrected chi connectivity index (χ3v) is 4.65. The highest BCUT2D eigenvalue weighted by molar-refractivity contribution is 5.65. The molecule has 0 radical (unpaired) electrons. The van der Waals surface area contributed by atoms with E-state index in [0.29, 0.717) is 0 Å². The van der Waals surface area contributed by atoms with Gasteiger partial charge in [-0.05, 0) is 11.1 Å². The van der Waals surface area contributed by atoms with E-state index in [-0.39, 0.29) is 19.8 Å². The second-order valence-corrected chi connectivity index (χ2v) is 6.88. The lowest BCUT2D eigenvalue weighted by atomic mass is 9.98. The number of hydrogen-bond acceptors (Lipinski definition) is 7. The fraction of sp³-hybridized carbons (Fsp3) is 0.409. The van der Waals surface area contributed by atoms with E-state index in [2.05, 4.69) is 0 Å². The number of hydrogen-bond donors (Lipinski definition) is 2. The first-order valence-electron chi connectivity index (χ1n) is 9.50. The van der Waals surface area contributed by atoms with Gasteiger partial charge >= 0.3 is 5.97 Å². The summed E-state index contributed by atoms with van der Waals surface area (Å²) in [5.41, 5.74) is 1.85. The molecular weight excluding hydrogens is 376 g/mol. The number of aliphatic hydroxyl groups excluding tert-OH is 2. The Morgan fingerprint density at radius 3 is 1.93 bits per heavy atom. The first-order valence-corrected chi connectivity index (χ1v) is 9.50. The molecule has 0 aromatic heterocycles. The van der Waals surface area contributed by atoms with Gasteiger partial charge in [0.2, 0.25) is 0 Å². The van der Waals surface area contributed by atoms with Crippen LogP contribution in [0.25, 0.3) is 0 Å². The number of esters is 1. The quantitative estimate of drug-likeness (QED) is 0.650. The Bertz CT molecular complexity index is 752. The lowest BCUT2D eigenvalue weighted by Gasteiger charge is -2.42. The van der Waals surface area contributed by atoms with Gasteiger partial charge < -0.3 is 29.2 Å². The van der Waals surface area contributed by atoms with Crippen LogP contribution in [0.4, 0.5) is 0 Å². The molecule has 0 bridgehead atoms. The molecule has 5 atom stereocenters. The van der Waals surface area contributed by atoms with Crippen molar-refractivity contribution in [2.45, 2.75) is 50.8 Å². The molecule has 2 aromatic rings. The molecule has 7 nitrogen and oxygen atoms in total. The first-order chi connectivity index (χ1) is 14.0. The van der Waals surface area contributed by atoms with Crippen molar-refractivity contribution in [3.63, 3.8) is 0 Å². The molecule has 2 N–H and O–H groups in total.